The van der Waals surface area contributed by atoms with E-state index in [4.69, 9.17) is 14.7 Å². The Kier molecular flexibility index (Phi) is 8.67. The number of fused-ring (bicyclic) bond motifs is 1. The number of hydrogen-bond donors (Lipinski definition) is 2. The minimum atomic E-state index is -1.11. The second-order valence-corrected chi connectivity index (χ2v) is 18.1. The van der Waals surface area contributed by atoms with Crippen molar-refractivity contribution in [1.29, 1.82) is 0 Å². The van der Waals surface area contributed by atoms with Crippen molar-refractivity contribution in [2.24, 2.45) is 0 Å². The lowest BCUT2D eigenvalue weighted by Gasteiger charge is -2.15. The summed E-state index contributed by atoms with van der Waals surface area (Å²) in [7, 11) is -1.11. The van der Waals surface area contributed by atoms with Gasteiger partial charge in [-0.3, -0.25) is 4.79 Å². The first-order valence-corrected chi connectivity index (χ1v) is 18.8. The molecule has 2 heterocycles. The largest absolute Gasteiger partial charge is 0.360 e. The van der Waals surface area contributed by atoms with Crippen LogP contribution in [0, 0.1) is 0 Å². The first kappa shape index (κ1) is 29.5. The molecule has 1 saturated carbocycles. The molecule has 1 amide bonds. The van der Waals surface area contributed by atoms with Crippen LogP contribution in [-0.4, -0.2) is 46.4 Å². The molecule has 6 rings (SSSR count). The minimum absolute atomic E-state index is 0.0620. The zero-order valence-electron chi connectivity index (χ0n) is 25.5. The highest BCUT2D eigenvalue weighted by molar-refractivity contribution is 6.76. The number of rotatable bonds is 12. The van der Waals surface area contributed by atoms with Crippen molar-refractivity contribution < 1.29 is 9.53 Å². The van der Waals surface area contributed by atoms with Crippen LogP contribution in [0.25, 0.3) is 39.5 Å². The topological polar surface area (TPSA) is 94.0 Å². The summed E-state index contributed by atoms with van der Waals surface area (Å²) < 4.78 is 7.68. The number of para-hydroxylation sites is 1. The van der Waals surface area contributed by atoms with Crippen LogP contribution in [-0.2, 0) is 16.3 Å². The lowest BCUT2D eigenvalue weighted by Crippen LogP contribution is -2.22. The third-order valence-corrected chi connectivity index (χ3v) is 9.14. The maximum Gasteiger partial charge on any atom is 0.244 e. The van der Waals surface area contributed by atoms with Gasteiger partial charge in [-0.2, -0.15) is 5.10 Å². The number of ether oxygens (including phenoxy) is 1. The fraction of sp³-hybridized carbons (Fsp3) is 0.257. The molecule has 1 fully saturated rings. The van der Waals surface area contributed by atoms with E-state index in [0.717, 1.165) is 70.2 Å². The Balaban J connectivity index is 1.17. The van der Waals surface area contributed by atoms with E-state index in [2.05, 4.69) is 47.5 Å². The number of aromatic nitrogens is 4. The van der Waals surface area contributed by atoms with Gasteiger partial charge >= 0.3 is 0 Å². The molecule has 3 aromatic carbocycles. The van der Waals surface area contributed by atoms with E-state index in [0.29, 0.717) is 18.6 Å². The molecule has 2 N–H and O–H groups in total. The van der Waals surface area contributed by atoms with E-state index >= 15 is 0 Å². The predicted molar refractivity (Wildman–Crippen MR) is 180 cm³/mol. The summed E-state index contributed by atoms with van der Waals surface area (Å²) in [4.78, 5) is 21.9. The van der Waals surface area contributed by atoms with Crippen molar-refractivity contribution in [2.45, 2.75) is 51.3 Å². The highest BCUT2D eigenvalue weighted by Crippen LogP contribution is 2.29. The Morgan fingerprint density at radius 2 is 1.80 bits per heavy atom. The van der Waals surface area contributed by atoms with Gasteiger partial charge in [0.1, 0.15) is 12.5 Å². The molecule has 0 unspecified atom stereocenters. The molecule has 5 aromatic rings. The average Bonchev–Trinajstić information content (AvgIpc) is 3.71. The van der Waals surface area contributed by atoms with Crippen molar-refractivity contribution >= 4 is 42.5 Å². The standard InChI is InChI=1S/C35H38N6O2Si/c1-44(2,3)20-19-43-24-41-23-28(22-36-41)26-12-14-30(15-13-26)38-35-31-9-4-5-10-32(31)39-34(40-35)27-8-6-7-25(21-27)11-18-33(42)37-29-16-17-29/h4-15,18,21-23,29H,16-17,19-20,24H2,1-3H3,(H,37,42)(H,38,39,40)/b18-11+. The molecule has 0 spiro atoms. The molecule has 0 bridgehead atoms. The Bertz CT molecular complexity index is 1790. The molecule has 224 valence electrons. The summed E-state index contributed by atoms with van der Waals surface area (Å²) in [6.45, 7) is 8.29. The van der Waals surface area contributed by atoms with Crippen LogP contribution < -0.4 is 10.6 Å². The van der Waals surface area contributed by atoms with Crippen molar-refractivity contribution in [3.8, 4) is 22.5 Å². The number of hydrogen-bond acceptors (Lipinski definition) is 6. The number of carbonyl (C=O) groups excluding carboxylic acids is 1. The molecule has 0 radical (unpaired) electrons. The third kappa shape index (κ3) is 7.86. The van der Waals surface area contributed by atoms with E-state index < -0.39 is 8.07 Å². The van der Waals surface area contributed by atoms with Crippen molar-refractivity contribution in [3.63, 3.8) is 0 Å². The first-order valence-electron chi connectivity index (χ1n) is 15.1. The summed E-state index contributed by atoms with van der Waals surface area (Å²) in [5, 5.41) is 11.9. The number of benzene rings is 3. The Labute approximate surface area is 259 Å². The molecule has 1 aliphatic rings. The average molecular weight is 603 g/mol. The molecule has 0 atom stereocenters. The van der Waals surface area contributed by atoms with Gasteiger partial charge in [-0.25, -0.2) is 14.6 Å². The van der Waals surface area contributed by atoms with Crippen molar-refractivity contribution in [1.82, 2.24) is 25.1 Å². The van der Waals surface area contributed by atoms with Gasteiger partial charge in [-0.05, 0) is 66.4 Å². The van der Waals surface area contributed by atoms with Crippen LogP contribution >= 0.6 is 0 Å². The molecule has 8 nitrogen and oxygen atoms in total. The monoisotopic (exact) mass is 602 g/mol. The zero-order valence-corrected chi connectivity index (χ0v) is 26.5. The van der Waals surface area contributed by atoms with E-state index in [1.165, 1.54) is 0 Å². The van der Waals surface area contributed by atoms with Gasteiger partial charge in [-0.1, -0.05) is 62.1 Å². The molecule has 1 aliphatic carbocycles. The maximum absolute atomic E-state index is 12.1. The fourth-order valence-corrected chi connectivity index (χ4v) is 5.49. The normalized spacial score (nSPS) is 13.4. The third-order valence-electron chi connectivity index (χ3n) is 7.43. The second-order valence-electron chi connectivity index (χ2n) is 12.5. The summed E-state index contributed by atoms with van der Waals surface area (Å²) >= 11 is 0. The van der Waals surface area contributed by atoms with Crippen molar-refractivity contribution in [3.05, 3.63) is 96.8 Å². The number of anilines is 2. The Hall–Kier alpha value is -4.60. The summed E-state index contributed by atoms with van der Waals surface area (Å²) in [6, 6.07) is 25.6. The molecule has 2 aromatic heterocycles. The summed E-state index contributed by atoms with van der Waals surface area (Å²) in [5.41, 5.74) is 5.67. The number of nitrogens with one attached hydrogen (secondary N) is 2. The van der Waals surface area contributed by atoms with Gasteiger partial charge in [0.25, 0.3) is 0 Å². The van der Waals surface area contributed by atoms with E-state index in [-0.39, 0.29) is 5.91 Å². The Morgan fingerprint density at radius 3 is 2.59 bits per heavy atom. The molecule has 9 heteroatoms. The maximum atomic E-state index is 12.1. The second kappa shape index (κ2) is 12.9. The van der Waals surface area contributed by atoms with Crippen LogP contribution in [0.5, 0.6) is 0 Å². The Morgan fingerprint density at radius 1 is 0.977 bits per heavy atom. The quantitative estimate of drug-likeness (QED) is 0.0872. The molecule has 44 heavy (non-hydrogen) atoms. The molecule has 0 saturated heterocycles. The molecule has 0 aliphatic heterocycles. The van der Waals surface area contributed by atoms with Crippen LogP contribution in [0.3, 0.4) is 0 Å². The summed E-state index contributed by atoms with van der Waals surface area (Å²) in [5.74, 6) is 1.28. The van der Waals surface area contributed by atoms with Gasteiger partial charge in [0.2, 0.25) is 5.91 Å². The number of amides is 1. The van der Waals surface area contributed by atoms with Gasteiger partial charge in [-0.15, -0.1) is 0 Å². The van der Waals surface area contributed by atoms with Crippen LogP contribution in [0.1, 0.15) is 18.4 Å². The highest BCUT2D eigenvalue weighted by Gasteiger charge is 2.22. The lowest BCUT2D eigenvalue weighted by molar-refractivity contribution is -0.116. The minimum Gasteiger partial charge on any atom is -0.360 e. The SMILES string of the molecule is C[Si](C)(C)CCOCn1cc(-c2ccc(Nc3nc(-c4cccc(/C=C/C(=O)NC5CC5)c4)nc4ccccc34)cc2)cn1. The van der Waals surface area contributed by atoms with E-state index in [1.54, 1.807) is 6.08 Å². The van der Waals surface area contributed by atoms with E-state index in [1.807, 2.05) is 83.8 Å². The van der Waals surface area contributed by atoms with Gasteiger partial charge in [0, 0.05) is 55.2 Å². The zero-order chi connectivity index (χ0) is 30.5. The summed E-state index contributed by atoms with van der Waals surface area (Å²) in [6.07, 6.45) is 9.43. The number of carbonyl (C=O) groups is 1. The molecular weight excluding hydrogens is 565 g/mol. The molecular formula is C35H38N6O2Si. The first-order chi connectivity index (χ1) is 21.3. The van der Waals surface area contributed by atoms with E-state index in [9.17, 15) is 4.79 Å². The van der Waals surface area contributed by atoms with Gasteiger partial charge in [0.15, 0.2) is 5.82 Å². The van der Waals surface area contributed by atoms with Crippen molar-refractivity contribution in [2.75, 3.05) is 11.9 Å². The van der Waals surface area contributed by atoms with Crippen LogP contribution in [0.4, 0.5) is 11.5 Å². The van der Waals surface area contributed by atoms with Gasteiger partial charge in [0.05, 0.1) is 11.7 Å². The highest BCUT2D eigenvalue weighted by atomic mass is 28.3. The van der Waals surface area contributed by atoms with Crippen LogP contribution in [0.2, 0.25) is 25.7 Å². The number of nitrogens with zero attached hydrogens (tertiary/aromatic N) is 4. The van der Waals surface area contributed by atoms with Crippen LogP contribution in [0.15, 0.2) is 91.3 Å². The smallest absolute Gasteiger partial charge is 0.244 e. The lowest BCUT2D eigenvalue weighted by atomic mass is 10.1. The fourth-order valence-electron chi connectivity index (χ4n) is 4.73. The van der Waals surface area contributed by atoms with Gasteiger partial charge < -0.3 is 15.4 Å². The predicted octanol–water partition coefficient (Wildman–Crippen LogP) is 7.51.